The van der Waals surface area contributed by atoms with E-state index in [9.17, 15) is 4.79 Å². The number of carbonyl (C=O) groups is 1. The Morgan fingerprint density at radius 3 is 2.58 bits per heavy atom. The Labute approximate surface area is 158 Å². The number of carbonyl (C=O) groups excluding carboxylic acids is 1. The molecule has 6 nitrogen and oxygen atoms in total. The third-order valence-electron chi connectivity index (χ3n) is 3.77. The van der Waals surface area contributed by atoms with Crippen LogP contribution in [0.4, 0.5) is 5.69 Å². The summed E-state index contributed by atoms with van der Waals surface area (Å²) in [5.74, 6) is 1.05. The molecular formula is C19H22ClN3O3. The predicted octanol–water partition coefficient (Wildman–Crippen LogP) is 3.62. The van der Waals surface area contributed by atoms with E-state index in [-0.39, 0.29) is 12.5 Å². The van der Waals surface area contributed by atoms with Gasteiger partial charge in [0.05, 0.1) is 26.5 Å². The highest BCUT2D eigenvalue weighted by atomic mass is 35.5. The lowest BCUT2D eigenvalue weighted by molar-refractivity contribution is -0.119. The number of nitrogens with one attached hydrogen (secondary N) is 2. The molecule has 0 aliphatic carbocycles. The highest BCUT2D eigenvalue weighted by Crippen LogP contribution is 2.25. The summed E-state index contributed by atoms with van der Waals surface area (Å²) in [5.41, 5.74) is 5.75. The van der Waals surface area contributed by atoms with E-state index in [2.05, 4.69) is 15.8 Å². The van der Waals surface area contributed by atoms with Crippen LogP contribution >= 0.6 is 11.6 Å². The standard InChI is InChI=1S/C19H22ClN3O3/c1-12-9-14(20)5-8-17(12)21-11-19(24)23-22-13(2)16-7-6-15(25-3)10-18(16)26-4/h5-10,21H,11H2,1-4H3,(H,23,24). The van der Waals surface area contributed by atoms with Gasteiger partial charge in [0.25, 0.3) is 5.91 Å². The second-order valence-electron chi connectivity index (χ2n) is 5.61. The molecule has 0 unspecified atom stereocenters. The molecule has 2 N–H and O–H groups in total. The van der Waals surface area contributed by atoms with E-state index in [1.807, 2.05) is 31.2 Å². The molecular weight excluding hydrogens is 354 g/mol. The van der Waals surface area contributed by atoms with Crippen LogP contribution in [0.25, 0.3) is 0 Å². The average Bonchev–Trinajstić information content (AvgIpc) is 2.64. The molecule has 2 rings (SSSR count). The smallest absolute Gasteiger partial charge is 0.259 e. The van der Waals surface area contributed by atoms with Gasteiger partial charge in [0.1, 0.15) is 11.5 Å². The molecule has 138 valence electrons. The van der Waals surface area contributed by atoms with Crippen LogP contribution in [0.3, 0.4) is 0 Å². The number of anilines is 1. The van der Waals surface area contributed by atoms with Crippen LogP contribution in [0.5, 0.6) is 11.5 Å². The number of hydrogen-bond acceptors (Lipinski definition) is 5. The summed E-state index contributed by atoms with van der Waals surface area (Å²) in [4.78, 5) is 12.0. The summed E-state index contributed by atoms with van der Waals surface area (Å²) in [6.07, 6.45) is 0. The van der Waals surface area contributed by atoms with Crippen molar-refractivity contribution in [1.29, 1.82) is 0 Å². The molecule has 0 heterocycles. The maximum atomic E-state index is 12.0. The second-order valence-corrected chi connectivity index (χ2v) is 6.05. The Morgan fingerprint density at radius 1 is 1.15 bits per heavy atom. The molecule has 0 aliphatic heterocycles. The SMILES string of the molecule is COc1ccc(C(C)=NNC(=O)CNc2ccc(Cl)cc2C)c(OC)c1. The third kappa shape index (κ3) is 5.13. The number of aryl methyl sites for hydroxylation is 1. The number of methoxy groups -OCH3 is 2. The minimum Gasteiger partial charge on any atom is -0.497 e. The van der Waals surface area contributed by atoms with E-state index in [1.54, 1.807) is 33.3 Å². The molecule has 0 radical (unpaired) electrons. The first-order valence-corrected chi connectivity index (χ1v) is 8.38. The van der Waals surface area contributed by atoms with Gasteiger partial charge in [0, 0.05) is 22.3 Å². The van der Waals surface area contributed by atoms with Gasteiger partial charge in [-0.1, -0.05) is 11.6 Å². The molecule has 1 amide bonds. The predicted molar refractivity (Wildman–Crippen MR) is 105 cm³/mol. The first kappa shape index (κ1) is 19.6. The number of benzene rings is 2. The van der Waals surface area contributed by atoms with Crippen molar-refractivity contribution in [3.8, 4) is 11.5 Å². The highest BCUT2D eigenvalue weighted by Gasteiger charge is 2.09. The van der Waals surface area contributed by atoms with Gasteiger partial charge in [-0.25, -0.2) is 5.43 Å². The molecule has 2 aromatic carbocycles. The summed E-state index contributed by atoms with van der Waals surface area (Å²) in [5, 5.41) is 7.86. The Hall–Kier alpha value is -2.73. The molecule has 0 bridgehead atoms. The summed E-state index contributed by atoms with van der Waals surface area (Å²) in [7, 11) is 3.16. The molecule has 0 atom stereocenters. The molecule has 2 aromatic rings. The van der Waals surface area contributed by atoms with Crippen LogP contribution < -0.4 is 20.2 Å². The van der Waals surface area contributed by atoms with E-state index in [0.717, 1.165) is 16.8 Å². The molecule has 7 heteroatoms. The first-order valence-electron chi connectivity index (χ1n) is 8.00. The number of nitrogens with zero attached hydrogens (tertiary/aromatic N) is 1. The van der Waals surface area contributed by atoms with E-state index in [4.69, 9.17) is 21.1 Å². The van der Waals surface area contributed by atoms with E-state index >= 15 is 0 Å². The van der Waals surface area contributed by atoms with Gasteiger partial charge in [0.15, 0.2) is 0 Å². The summed E-state index contributed by atoms with van der Waals surface area (Å²) in [6.45, 7) is 3.81. The number of ether oxygens (including phenoxy) is 2. The van der Waals surface area contributed by atoms with Gasteiger partial charge in [-0.2, -0.15) is 5.10 Å². The number of rotatable bonds is 7. The number of halogens is 1. The number of hydrogen-bond donors (Lipinski definition) is 2. The quantitative estimate of drug-likeness (QED) is 0.572. The minimum atomic E-state index is -0.258. The fourth-order valence-electron chi connectivity index (χ4n) is 2.34. The van der Waals surface area contributed by atoms with E-state index in [1.165, 1.54) is 0 Å². The molecule has 26 heavy (non-hydrogen) atoms. The topological polar surface area (TPSA) is 72.0 Å². The van der Waals surface area contributed by atoms with Crippen LogP contribution in [0, 0.1) is 6.92 Å². The van der Waals surface area contributed by atoms with Crippen molar-refractivity contribution in [3.63, 3.8) is 0 Å². The van der Waals surface area contributed by atoms with Gasteiger partial charge in [-0.15, -0.1) is 0 Å². The summed E-state index contributed by atoms with van der Waals surface area (Å²) < 4.78 is 10.5. The summed E-state index contributed by atoms with van der Waals surface area (Å²) >= 11 is 5.92. The largest absolute Gasteiger partial charge is 0.497 e. The van der Waals surface area contributed by atoms with E-state index < -0.39 is 0 Å². The Balaban J connectivity index is 1.98. The first-order chi connectivity index (χ1) is 12.4. The maximum absolute atomic E-state index is 12.0. The fourth-order valence-corrected chi connectivity index (χ4v) is 2.57. The van der Waals surface area contributed by atoms with Crippen molar-refractivity contribution >= 4 is 28.9 Å². The van der Waals surface area contributed by atoms with Gasteiger partial charge in [-0.05, 0) is 49.7 Å². The van der Waals surface area contributed by atoms with Gasteiger partial charge in [0.2, 0.25) is 0 Å². The molecule has 0 spiro atoms. The summed E-state index contributed by atoms with van der Waals surface area (Å²) in [6, 6.07) is 10.8. The monoisotopic (exact) mass is 375 g/mol. The number of hydrazone groups is 1. The fraction of sp³-hybridized carbons (Fsp3) is 0.263. The van der Waals surface area contributed by atoms with E-state index in [0.29, 0.717) is 22.2 Å². The van der Waals surface area contributed by atoms with Gasteiger partial charge < -0.3 is 14.8 Å². The zero-order chi connectivity index (χ0) is 19.1. The van der Waals surface area contributed by atoms with Crippen LogP contribution in [0.2, 0.25) is 5.02 Å². The lowest BCUT2D eigenvalue weighted by Gasteiger charge is -2.11. The van der Waals surface area contributed by atoms with Crippen LogP contribution in [0.1, 0.15) is 18.1 Å². The van der Waals surface area contributed by atoms with Crippen LogP contribution in [0.15, 0.2) is 41.5 Å². The zero-order valence-electron chi connectivity index (χ0n) is 15.2. The van der Waals surface area contributed by atoms with Crippen molar-refractivity contribution in [3.05, 3.63) is 52.5 Å². The van der Waals surface area contributed by atoms with Crippen molar-refractivity contribution in [2.24, 2.45) is 5.10 Å². The molecule has 0 fully saturated rings. The average molecular weight is 376 g/mol. The third-order valence-corrected chi connectivity index (χ3v) is 4.01. The lowest BCUT2D eigenvalue weighted by Crippen LogP contribution is -2.27. The van der Waals surface area contributed by atoms with Crippen molar-refractivity contribution in [2.45, 2.75) is 13.8 Å². The zero-order valence-corrected chi connectivity index (χ0v) is 16.0. The Morgan fingerprint density at radius 2 is 1.92 bits per heavy atom. The normalized spacial score (nSPS) is 11.0. The Kier molecular flexibility index (Phi) is 6.86. The lowest BCUT2D eigenvalue weighted by atomic mass is 10.1. The van der Waals surface area contributed by atoms with Crippen LogP contribution in [-0.4, -0.2) is 32.4 Å². The molecule has 0 aromatic heterocycles. The minimum absolute atomic E-state index is 0.0962. The highest BCUT2D eigenvalue weighted by molar-refractivity contribution is 6.30. The van der Waals surface area contributed by atoms with Gasteiger partial charge >= 0.3 is 0 Å². The Bertz CT molecular complexity index is 822. The second kappa shape index (κ2) is 9.10. The van der Waals surface area contributed by atoms with Crippen molar-refractivity contribution < 1.29 is 14.3 Å². The van der Waals surface area contributed by atoms with Crippen molar-refractivity contribution in [2.75, 3.05) is 26.1 Å². The number of amides is 1. The molecule has 0 saturated heterocycles. The van der Waals surface area contributed by atoms with Crippen LogP contribution in [-0.2, 0) is 4.79 Å². The van der Waals surface area contributed by atoms with Gasteiger partial charge in [-0.3, -0.25) is 4.79 Å². The molecule has 0 aliphatic rings. The maximum Gasteiger partial charge on any atom is 0.259 e. The van der Waals surface area contributed by atoms with Crippen molar-refractivity contribution in [1.82, 2.24) is 5.43 Å². The molecule has 0 saturated carbocycles.